The Balaban J connectivity index is 2.70. The maximum absolute atomic E-state index is 11.9. The second-order valence-corrected chi connectivity index (χ2v) is 4.29. The minimum atomic E-state index is -0.115. The minimum absolute atomic E-state index is 0.0106. The van der Waals surface area contributed by atoms with Gasteiger partial charge in [-0.1, -0.05) is 6.92 Å². The van der Waals surface area contributed by atoms with E-state index >= 15 is 0 Å². The topological polar surface area (TPSA) is 88.7 Å². The summed E-state index contributed by atoms with van der Waals surface area (Å²) in [6.45, 7) is 3.95. The SMILES string of the molecule is CCC(C)NC(=O)c1ccc(NC=C(C#N)C#N)cc1. The van der Waals surface area contributed by atoms with Crippen molar-refractivity contribution < 1.29 is 4.79 Å². The molecule has 0 aliphatic heterocycles. The van der Waals surface area contributed by atoms with Crippen molar-refractivity contribution in [2.45, 2.75) is 26.3 Å². The van der Waals surface area contributed by atoms with E-state index in [-0.39, 0.29) is 17.5 Å². The average Bonchev–Trinajstić information content (AvgIpc) is 2.48. The molecule has 0 bridgehead atoms. The third-order valence-corrected chi connectivity index (χ3v) is 2.76. The molecule has 1 unspecified atom stereocenters. The molecule has 0 saturated heterocycles. The molecule has 0 spiro atoms. The molecule has 0 radical (unpaired) electrons. The predicted molar refractivity (Wildman–Crippen MR) is 76.6 cm³/mol. The Morgan fingerprint density at radius 3 is 2.40 bits per heavy atom. The van der Waals surface area contributed by atoms with E-state index < -0.39 is 0 Å². The van der Waals surface area contributed by atoms with Crippen molar-refractivity contribution in [3.8, 4) is 12.1 Å². The van der Waals surface area contributed by atoms with E-state index in [1.54, 1.807) is 36.4 Å². The fraction of sp³-hybridized carbons (Fsp3) is 0.267. The zero-order chi connectivity index (χ0) is 15.0. The molecule has 0 aliphatic carbocycles. The van der Waals surface area contributed by atoms with Crippen LogP contribution in [0.5, 0.6) is 0 Å². The highest BCUT2D eigenvalue weighted by atomic mass is 16.1. The van der Waals surface area contributed by atoms with Crippen molar-refractivity contribution in [2.24, 2.45) is 0 Å². The second-order valence-electron chi connectivity index (χ2n) is 4.29. The lowest BCUT2D eigenvalue weighted by Gasteiger charge is -2.11. The van der Waals surface area contributed by atoms with Gasteiger partial charge in [-0.05, 0) is 37.6 Å². The number of rotatable bonds is 5. The van der Waals surface area contributed by atoms with Crippen molar-refractivity contribution in [1.82, 2.24) is 5.32 Å². The van der Waals surface area contributed by atoms with Crippen molar-refractivity contribution in [2.75, 3.05) is 5.32 Å². The van der Waals surface area contributed by atoms with Crippen LogP contribution in [0.2, 0.25) is 0 Å². The molecule has 1 aromatic carbocycles. The lowest BCUT2D eigenvalue weighted by atomic mass is 10.1. The van der Waals surface area contributed by atoms with E-state index in [2.05, 4.69) is 10.6 Å². The third-order valence-electron chi connectivity index (χ3n) is 2.76. The molecule has 0 saturated carbocycles. The van der Waals surface area contributed by atoms with Gasteiger partial charge in [-0.3, -0.25) is 4.79 Å². The van der Waals surface area contributed by atoms with Crippen LogP contribution in [-0.2, 0) is 0 Å². The van der Waals surface area contributed by atoms with Gasteiger partial charge in [0.1, 0.15) is 17.7 Å². The van der Waals surface area contributed by atoms with Crippen LogP contribution < -0.4 is 10.6 Å². The molecule has 1 amide bonds. The Morgan fingerprint density at radius 1 is 1.30 bits per heavy atom. The molecule has 1 aromatic rings. The van der Waals surface area contributed by atoms with Gasteiger partial charge in [0, 0.05) is 23.5 Å². The van der Waals surface area contributed by atoms with E-state index in [1.165, 1.54) is 6.20 Å². The number of hydrogen-bond donors (Lipinski definition) is 2. The summed E-state index contributed by atoms with van der Waals surface area (Å²) in [5.41, 5.74) is 1.26. The normalized spacial score (nSPS) is 10.6. The van der Waals surface area contributed by atoms with Crippen LogP contribution in [-0.4, -0.2) is 11.9 Å². The Labute approximate surface area is 118 Å². The van der Waals surface area contributed by atoms with Gasteiger partial charge >= 0.3 is 0 Å². The Hall–Kier alpha value is -2.79. The van der Waals surface area contributed by atoms with Gasteiger partial charge in [-0.15, -0.1) is 0 Å². The van der Waals surface area contributed by atoms with Gasteiger partial charge in [0.25, 0.3) is 5.91 Å². The number of carbonyl (C=O) groups is 1. The number of carbonyl (C=O) groups excluding carboxylic acids is 1. The van der Waals surface area contributed by atoms with E-state index in [0.717, 1.165) is 6.42 Å². The fourth-order valence-electron chi connectivity index (χ4n) is 1.37. The first kappa shape index (κ1) is 15.3. The molecule has 102 valence electrons. The maximum Gasteiger partial charge on any atom is 0.251 e. The maximum atomic E-state index is 11.9. The van der Waals surface area contributed by atoms with Crippen LogP contribution in [0.15, 0.2) is 36.0 Å². The van der Waals surface area contributed by atoms with Crippen molar-refractivity contribution in [1.29, 1.82) is 10.5 Å². The number of anilines is 1. The Kier molecular flexibility index (Phi) is 5.80. The molecule has 5 nitrogen and oxygen atoms in total. The summed E-state index contributed by atoms with van der Waals surface area (Å²) in [7, 11) is 0. The quantitative estimate of drug-likeness (QED) is 0.803. The number of nitrogens with one attached hydrogen (secondary N) is 2. The fourth-order valence-corrected chi connectivity index (χ4v) is 1.37. The standard InChI is InChI=1S/C15H16N4O/c1-3-11(2)19-15(20)13-4-6-14(7-5-13)18-10-12(8-16)9-17/h4-7,10-11,18H,3H2,1-2H3,(H,19,20). The molecule has 1 atom stereocenters. The molecule has 0 aliphatic rings. The van der Waals surface area contributed by atoms with Crippen LogP contribution in [0.25, 0.3) is 0 Å². The van der Waals surface area contributed by atoms with Crippen molar-refractivity contribution >= 4 is 11.6 Å². The molecular weight excluding hydrogens is 252 g/mol. The molecule has 5 heteroatoms. The number of hydrogen-bond acceptors (Lipinski definition) is 4. The Bertz CT molecular complexity index is 559. The molecule has 2 N–H and O–H groups in total. The second kappa shape index (κ2) is 7.60. The predicted octanol–water partition coefficient (Wildman–Crippen LogP) is 2.56. The smallest absolute Gasteiger partial charge is 0.251 e. The van der Waals surface area contributed by atoms with E-state index in [9.17, 15) is 4.79 Å². The van der Waals surface area contributed by atoms with Crippen LogP contribution >= 0.6 is 0 Å². The molecule has 0 fully saturated rings. The number of allylic oxidation sites excluding steroid dienone is 1. The van der Waals surface area contributed by atoms with E-state index in [0.29, 0.717) is 11.3 Å². The first-order valence-corrected chi connectivity index (χ1v) is 6.28. The molecular formula is C15H16N4O. The summed E-state index contributed by atoms with van der Waals surface area (Å²) in [5, 5.41) is 22.9. The van der Waals surface area contributed by atoms with Crippen molar-refractivity contribution in [3.05, 3.63) is 41.6 Å². The highest BCUT2D eigenvalue weighted by Gasteiger charge is 2.07. The van der Waals surface area contributed by atoms with Gasteiger partial charge in [0.2, 0.25) is 0 Å². The lowest BCUT2D eigenvalue weighted by Crippen LogP contribution is -2.31. The first-order chi connectivity index (χ1) is 9.60. The number of amides is 1. The first-order valence-electron chi connectivity index (χ1n) is 6.28. The van der Waals surface area contributed by atoms with Gasteiger partial charge in [-0.25, -0.2) is 0 Å². The van der Waals surface area contributed by atoms with Crippen LogP contribution in [0.3, 0.4) is 0 Å². The summed E-state index contributed by atoms with van der Waals surface area (Å²) < 4.78 is 0. The number of benzene rings is 1. The Morgan fingerprint density at radius 2 is 1.90 bits per heavy atom. The number of nitrogens with zero attached hydrogens (tertiary/aromatic N) is 2. The van der Waals surface area contributed by atoms with Gasteiger partial charge < -0.3 is 10.6 Å². The highest BCUT2D eigenvalue weighted by Crippen LogP contribution is 2.10. The average molecular weight is 268 g/mol. The molecule has 0 heterocycles. The molecule has 1 rings (SSSR count). The van der Waals surface area contributed by atoms with Crippen LogP contribution in [0.4, 0.5) is 5.69 Å². The van der Waals surface area contributed by atoms with Gasteiger partial charge in [0.05, 0.1) is 0 Å². The zero-order valence-electron chi connectivity index (χ0n) is 11.5. The summed E-state index contributed by atoms with van der Waals surface area (Å²) >= 11 is 0. The monoisotopic (exact) mass is 268 g/mol. The third kappa shape index (κ3) is 4.47. The lowest BCUT2D eigenvalue weighted by molar-refractivity contribution is 0.0939. The summed E-state index contributed by atoms with van der Waals surface area (Å²) in [5.74, 6) is -0.115. The summed E-state index contributed by atoms with van der Waals surface area (Å²) in [6.07, 6.45) is 2.20. The summed E-state index contributed by atoms with van der Waals surface area (Å²) in [4.78, 5) is 11.9. The highest BCUT2D eigenvalue weighted by molar-refractivity contribution is 5.94. The summed E-state index contributed by atoms with van der Waals surface area (Å²) in [6, 6.07) is 10.4. The van der Waals surface area contributed by atoms with Crippen LogP contribution in [0.1, 0.15) is 30.6 Å². The van der Waals surface area contributed by atoms with E-state index in [4.69, 9.17) is 10.5 Å². The zero-order valence-corrected chi connectivity index (χ0v) is 11.5. The molecule has 0 aromatic heterocycles. The number of nitriles is 2. The molecule has 20 heavy (non-hydrogen) atoms. The van der Waals surface area contributed by atoms with E-state index in [1.807, 2.05) is 13.8 Å². The minimum Gasteiger partial charge on any atom is -0.360 e. The largest absolute Gasteiger partial charge is 0.360 e. The van der Waals surface area contributed by atoms with Gasteiger partial charge in [0.15, 0.2) is 0 Å². The van der Waals surface area contributed by atoms with Crippen molar-refractivity contribution in [3.63, 3.8) is 0 Å². The van der Waals surface area contributed by atoms with Crippen LogP contribution in [0, 0.1) is 22.7 Å². The van der Waals surface area contributed by atoms with Gasteiger partial charge in [-0.2, -0.15) is 10.5 Å².